The van der Waals surface area contributed by atoms with E-state index in [9.17, 15) is 4.79 Å². The van der Waals surface area contributed by atoms with Crippen molar-refractivity contribution in [2.24, 2.45) is 0 Å². The number of hydrogen-bond donors (Lipinski definition) is 4. The minimum atomic E-state index is -0.157. The van der Waals surface area contributed by atoms with Gasteiger partial charge in [-0.1, -0.05) is 18.2 Å². The summed E-state index contributed by atoms with van der Waals surface area (Å²) in [5.41, 5.74) is 2.90. The number of benzene rings is 1. The SMILES string of the molecule is CC(=O)Nc1ccccc1-c1cc(N2CCOC[C@H]2C)nc(Nc2ccn[nH]2)c1C=N. The summed E-state index contributed by atoms with van der Waals surface area (Å²) >= 11 is 0. The smallest absolute Gasteiger partial charge is 0.221 e. The lowest BCUT2D eigenvalue weighted by molar-refractivity contribution is -0.114. The average Bonchev–Trinajstić information content (AvgIpc) is 3.27. The third kappa shape index (κ3) is 4.41. The summed E-state index contributed by atoms with van der Waals surface area (Å²) in [6.45, 7) is 5.54. The number of hydrogen-bond acceptors (Lipinski definition) is 7. The second-order valence-electron chi connectivity index (χ2n) is 7.37. The highest BCUT2D eigenvalue weighted by molar-refractivity contribution is 6.01. The highest BCUT2D eigenvalue weighted by atomic mass is 16.5. The molecule has 2 aromatic heterocycles. The van der Waals surface area contributed by atoms with Gasteiger partial charge in [-0.3, -0.25) is 9.89 Å². The molecule has 4 rings (SSSR count). The van der Waals surface area contributed by atoms with Crippen LogP contribution >= 0.6 is 0 Å². The van der Waals surface area contributed by atoms with E-state index in [0.717, 1.165) is 16.9 Å². The summed E-state index contributed by atoms with van der Waals surface area (Å²) in [6, 6.07) is 11.5. The molecule has 1 atom stereocenters. The summed E-state index contributed by atoms with van der Waals surface area (Å²) in [4.78, 5) is 18.8. The fraction of sp³-hybridized carbons (Fsp3) is 0.273. The van der Waals surface area contributed by atoms with Crippen LogP contribution in [-0.2, 0) is 9.53 Å². The number of para-hydroxylation sites is 1. The number of amides is 1. The number of rotatable bonds is 6. The molecule has 1 fully saturated rings. The van der Waals surface area contributed by atoms with Gasteiger partial charge >= 0.3 is 0 Å². The number of morpholine rings is 1. The van der Waals surface area contributed by atoms with Crippen LogP contribution in [0.25, 0.3) is 11.1 Å². The molecule has 1 saturated heterocycles. The Morgan fingerprint density at radius 2 is 2.16 bits per heavy atom. The number of pyridine rings is 1. The van der Waals surface area contributed by atoms with Gasteiger partial charge in [0.1, 0.15) is 17.5 Å². The molecule has 0 bridgehead atoms. The summed E-state index contributed by atoms with van der Waals surface area (Å²) in [7, 11) is 0. The Bertz CT molecular complexity index is 1080. The van der Waals surface area contributed by atoms with Gasteiger partial charge in [0.15, 0.2) is 0 Å². The first kappa shape index (κ1) is 20.5. The fourth-order valence-corrected chi connectivity index (χ4v) is 3.69. The summed E-state index contributed by atoms with van der Waals surface area (Å²) in [6.07, 6.45) is 2.92. The van der Waals surface area contributed by atoms with Crippen molar-refractivity contribution in [2.45, 2.75) is 19.9 Å². The molecule has 1 aromatic carbocycles. The number of anilines is 4. The van der Waals surface area contributed by atoms with Crippen molar-refractivity contribution in [3.05, 3.63) is 48.2 Å². The van der Waals surface area contributed by atoms with Crippen molar-refractivity contribution in [2.75, 3.05) is 35.3 Å². The number of carbonyl (C=O) groups is 1. The molecule has 4 N–H and O–H groups in total. The van der Waals surface area contributed by atoms with Crippen LogP contribution in [0.15, 0.2) is 42.6 Å². The molecular formula is C22H25N7O2. The number of nitrogens with zero attached hydrogens (tertiary/aromatic N) is 3. The van der Waals surface area contributed by atoms with Crippen molar-refractivity contribution in [1.29, 1.82) is 5.41 Å². The van der Waals surface area contributed by atoms with Gasteiger partial charge in [-0.15, -0.1) is 0 Å². The van der Waals surface area contributed by atoms with E-state index in [1.54, 1.807) is 12.3 Å². The first-order valence-electron chi connectivity index (χ1n) is 10.1. The lowest BCUT2D eigenvalue weighted by atomic mass is 9.98. The molecule has 9 nitrogen and oxygen atoms in total. The largest absolute Gasteiger partial charge is 0.377 e. The molecule has 0 radical (unpaired) electrons. The normalized spacial score (nSPS) is 16.1. The number of aromatic nitrogens is 3. The minimum absolute atomic E-state index is 0.157. The molecule has 1 amide bonds. The van der Waals surface area contributed by atoms with E-state index in [2.05, 4.69) is 32.7 Å². The van der Waals surface area contributed by atoms with Crippen molar-refractivity contribution in [1.82, 2.24) is 15.2 Å². The Labute approximate surface area is 180 Å². The molecule has 3 aromatic rings. The van der Waals surface area contributed by atoms with E-state index < -0.39 is 0 Å². The van der Waals surface area contributed by atoms with Crippen LogP contribution in [0.4, 0.5) is 23.1 Å². The molecular weight excluding hydrogens is 394 g/mol. The van der Waals surface area contributed by atoms with E-state index in [-0.39, 0.29) is 11.9 Å². The van der Waals surface area contributed by atoms with Gasteiger partial charge in [-0.05, 0) is 24.6 Å². The van der Waals surface area contributed by atoms with Gasteiger partial charge in [0.25, 0.3) is 0 Å². The molecule has 3 heterocycles. The van der Waals surface area contributed by atoms with E-state index in [0.29, 0.717) is 42.6 Å². The van der Waals surface area contributed by atoms with Gasteiger partial charge in [0.05, 0.1) is 25.5 Å². The molecule has 160 valence electrons. The van der Waals surface area contributed by atoms with Crippen molar-refractivity contribution >= 4 is 35.3 Å². The molecule has 31 heavy (non-hydrogen) atoms. The van der Waals surface area contributed by atoms with Gasteiger partial charge in [-0.2, -0.15) is 5.10 Å². The third-order valence-corrected chi connectivity index (χ3v) is 5.13. The Morgan fingerprint density at radius 3 is 2.87 bits per heavy atom. The standard InChI is InChI=1S/C22H25N7O2/c1-14-13-31-10-9-29(14)21-11-17(16-5-3-4-6-19(16)25-15(2)30)18(12-23)22(27-21)26-20-7-8-24-28-20/h3-8,11-12,14,23H,9-10,13H2,1-2H3,(H,25,30)(H2,24,26,27,28)/t14-/m1/s1. The topological polar surface area (TPSA) is 119 Å². The maximum Gasteiger partial charge on any atom is 0.221 e. The van der Waals surface area contributed by atoms with Crippen LogP contribution in [0.1, 0.15) is 19.4 Å². The van der Waals surface area contributed by atoms with E-state index in [1.165, 1.54) is 13.1 Å². The maximum absolute atomic E-state index is 11.8. The van der Waals surface area contributed by atoms with Crippen LogP contribution in [0.3, 0.4) is 0 Å². The first-order chi connectivity index (χ1) is 15.1. The quantitative estimate of drug-likeness (QED) is 0.455. The van der Waals surface area contributed by atoms with Crippen LogP contribution in [0.2, 0.25) is 0 Å². The average molecular weight is 419 g/mol. The molecule has 0 saturated carbocycles. The summed E-state index contributed by atoms with van der Waals surface area (Å²) < 4.78 is 5.59. The first-order valence-corrected chi connectivity index (χ1v) is 10.1. The molecule has 0 aliphatic carbocycles. The highest BCUT2D eigenvalue weighted by Gasteiger charge is 2.24. The predicted molar refractivity (Wildman–Crippen MR) is 121 cm³/mol. The van der Waals surface area contributed by atoms with Crippen molar-refractivity contribution in [3.63, 3.8) is 0 Å². The number of nitrogens with one attached hydrogen (secondary N) is 4. The van der Waals surface area contributed by atoms with Crippen molar-refractivity contribution < 1.29 is 9.53 Å². The van der Waals surface area contributed by atoms with Gasteiger partial charge < -0.3 is 25.7 Å². The van der Waals surface area contributed by atoms with Crippen LogP contribution in [0.5, 0.6) is 0 Å². The molecule has 0 spiro atoms. The fourth-order valence-electron chi connectivity index (χ4n) is 3.69. The summed E-state index contributed by atoms with van der Waals surface area (Å²) in [5, 5.41) is 21.1. The monoisotopic (exact) mass is 419 g/mol. The minimum Gasteiger partial charge on any atom is -0.377 e. The zero-order valence-corrected chi connectivity index (χ0v) is 17.5. The second kappa shape index (κ2) is 8.97. The van der Waals surface area contributed by atoms with Crippen LogP contribution in [-0.4, -0.2) is 53.1 Å². The molecule has 1 aliphatic heterocycles. The Kier molecular flexibility index (Phi) is 5.94. The van der Waals surface area contributed by atoms with Gasteiger partial charge in [0, 0.05) is 42.6 Å². The Morgan fingerprint density at radius 1 is 1.32 bits per heavy atom. The number of carbonyl (C=O) groups excluding carboxylic acids is 1. The van der Waals surface area contributed by atoms with Gasteiger partial charge in [-0.25, -0.2) is 4.98 Å². The molecule has 1 aliphatic rings. The number of aromatic amines is 1. The predicted octanol–water partition coefficient (Wildman–Crippen LogP) is 3.40. The molecule has 9 heteroatoms. The Balaban J connectivity index is 1.90. The zero-order chi connectivity index (χ0) is 21.8. The number of H-pyrrole nitrogens is 1. The van der Waals surface area contributed by atoms with E-state index in [1.807, 2.05) is 30.3 Å². The van der Waals surface area contributed by atoms with Crippen LogP contribution in [0, 0.1) is 5.41 Å². The maximum atomic E-state index is 11.8. The highest BCUT2D eigenvalue weighted by Crippen LogP contribution is 2.36. The lowest BCUT2D eigenvalue weighted by Gasteiger charge is -2.35. The second-order valence-corrected chi connectivity index (χ2v) is 7.37. The number of ether oxygens (including phenoxy) is 1. The van der Waals surface area contributed by atoms with E-state index in [4.69, 9.17) is 15.1 Å². The zero-order valence-electron chi connectivity index (χ0n) is 17.5. The van der Waals surface area contributed by atoms with Crippen LogP contribution < -0.4 is 15.5 Å². The molecule has 0 unspecified atom stereocenters. The lowest BCUT2D eigenvalue weighted by Crippen LogP contribution is -2.44. The Hall–Kier alpha value is -3.72. The summed E-state index contributed by atoms with van der Waals surface area (Å²) in [5.74, 6) is 1.82. The third-order valence-electron chi connectivity index (χ3n) is 5.13. The van der Waals surface area contributed by atoms with Gasteiger partial charge in [0.2, 0.25) is 5.91 Å². The van der Waals surface area contributed by atoms with E-state index >= 15 is 0 Å². The van der Waals surface area contributed by atoms with Crippen molar-refractivity contribution in [3.8, 4) is 11.1 Å².